The summed E-state index contributed by atoms with van der Waals surface area (Å²) >= 11 is 0. The van der Waals surface area contributed by atoms with Crippen molar-refractivity contribution >= 4 is 0 Å². The normalized spacial score (nSPS) is 42.5. The fraction of sp³-hybridized carbons (Fsp3) is 1.00. The van der Waals surface area contributed by atoms with Gasteiger partial charge in [-0.25, -0.2) is 0 Å². The third kappa shape index (κ3) is 7.91. The zero-order valence-electron chi connectivity index (χ0n) is 24.0. The maximum absolute atomic E-state index is 6.57. The molecule has 4 nitrogen and oxygen atoms in total. The molecule has 0 bridgehead atoms. The second-order valence-corrected chi connectivity index (χ2v) is 14.5. The number of fused-ring (bicyclic) bond motifs is 1. The van der Waals surface area contributed by atoms with Crippen molar-refractivity contribution in [2.45, 2.75) is 173 Å². The molecular weight excluding hydrogens is 428 g/mol. The van der Waals surface area contributed by atoms with Gasteiger partial charge in [-0.1, -0.05) is 46.0 Å². The van der Waals surface area contributed by atoms with Crippen molar-refractivity contribution in [3.63, 3.8) is 0 Å². The van der Waals surface area contributed by atoms with Crippen molar-refractivity contribution < 1.29 is 0 Å². The second-order valence-electron chi connectivity index (χ2n) is 14.5. The number of nitrogens with one attached hydrogen (secondary N) is 3. The summed E-state index contributed by atoms with van der Waals surface area (Å²) in [6.07, 6.45) is 20.1. The molecule has 0 aliphatic heterocycles. The molecule has 4 fully saturated rings. The summed E-state index contributed by atoms with van der Waals surface area (Å²) in [6, 6.07) is 3.64. The molecule has 35 heavy (non-hydrogen) atoms. The quantitative estimate of drug-likeness (QED) is 0.376. The molecule has 0 amide bonds. The molecule has 0 saturated heterocycles. The summed E-state index contributed by atoms with van der Waals surface area (Å²) in [4.78, 5) is 0. The molecule has 0 aromatic rings. The van der Waals surface area contributed by atoms with E-state index in [9.17, 15) is 0 Å². The zero-order chi connectivity index (χ0) is 25.0. The molecule has 4 heteroatoms. The number of nitrogens with two attached hydrogens (primary N) is 1. The van der Waals surface area contributed by atoms with E-state index in [1.165, 1.54) is 96.3 Å². The van der Waals surface area contributed by atoms with Gasteiger partial charge in [0.1, 0.15) is 0 Å². The Labute approximate surface area is 218 Å². The van der Waals surface area contributed by atoms with Gasteiger partial charge in [-0.2, -0.15) is 0 Å². The van der Waals surface area contributed by atoms with Gasteiger partial charge in [-0.15, -0.1) is 0 Å². The molecule has 0 spiro atoms. The van der Waals surface area contributed by atoms with Gasteiger partial charge in [-0.05, 0) is 109 Å². The lowest BCUT2D eigenvalue weighted by molar-refractivity contribution is 0.0321. The Morgan fingerprint density at radius 3 is 2.06 bits per heavy atom. The minimum Gasteiger partial charge on any atom is -0.328 e. The lowest BCUT2D eigenvalue weighted by Gasteiger charge is -2.52. The van der Waals surface area contributed by atoms with Crippen LogP contribution in [0.5, 0.6) is 0 Å². The Morgan fingerprint density at radius 1 is 0.629 bits per heavy atom. The standard InChI is InChI=1S/C31H60N4/c1-21-14-15-23(32)16-17-27(33-24-11-7-6-8-12-24)29(20-21)34-26-18-19-28(35-31(3,4)5)30-22(2)10-9-13-25(26)30/h21-30,33-35H,6-20,32H2,1-5H3. The molecule has 5 N–H and O–H groups in total. The first-order valence-electron chi connectivity index (χ1n) is 15.7. The average molecular weight is 489 g/mol. The highest BCUT2D eigenvalue weighted by Gasteiger charge is 2.45. The molecule has 204 valence electrons. The molecule has 4 aliphatic carbocycles. The fourth-order valence-electron chi connectivity index (χ4n) is 8.53. The smallest absolute Gasteiger partial charge is 0.0226 e. The van der Waals surface area contributed by atoms with Crippen LogP contribution in [0.3, 0.4) is 0 Å². The van der Waals surface area contributed by atoms with Crippen LogP contribution in [0.2, 0.25) is 0 Å². The number of hydrogen-bond acceptors (Lipinski definition) is 4. The monoisotopic (exact) mass is 488 g/mol. The van der Waals surface area contributed by atoms with Crippen LogP contribution in [0, 0.1) is 23.7 Å². The van der Waals surface area contributed by atoms with Crippen LogP contribution in [0.25, 0.3) is 0 Å². The molecule has 0 aromatic carbocycles. The molecule has 0 aromatic heterocycles. The minimum atomic E-state index is 0.202. The molecule has 9 unspecified atom stereocenters. The van der Waals surface area contributed by atoms with Crippen molar-refractivity contribution in [2.75, 3.05) is 0 Å². The van der Waals surface area contributed by atoms with Crippen molar-refractivity contribution in [3.8, 4) is 0 Å². The van der Waals surface area contributed by atoms with Gasteiger partial charge in [0.2, 0.25) is 0 Å². The number of hydrogen-bond donors (Lipinski definition) is 4. The molecule has 9 atom stereocenters. The van der Waals surface area contributed by atoms with Crippen LogP contribution in [-0.2, 0) is 0 Å². The highest BCUT2D eigenvalue weighted by molar-refractivity contribution is 5.02. The van der Waals surface area contributed by atoms with Crippen molar-refractivity contribution in [2.24, 2.45) is 29.4 Å². The maximum atomic E-state index is 6.57. The van der Waals surface area contributed by atoms with Crippen molar-refractivity contribution in [3.05, 3.63) is 0 Å². The lowest BCUT2D eigenvalue weighted by atomic mass is 9.61. The first-order valence-corrected chi connectivity index (χ1v) is 15.7. The molecule has 4 saturated carbocycles. The van der Waals surface area contributed by atoms with E-state index in [0.717, 1.165) is 29.7 Å². The summed E-state index contributed by atoms with van der Waals surface area (Å²) in [5.41, 5.74) is 6.78. The third-order valence-electron chi connectivity index (χ3n) is 10.2. The Bertz CT molecular complexity index is 624. The summed E-state index contributed by atoms with van der Waals surface area (Å²) < 4.78 is 0. The molecular formula is C31H60N4. The minimum absolute atomic E-state index is 0.202. The van der Waals surface area contributed by atoms with Crippen LogP contribution in [0.15, 0.2) is 0 Å². The predicted molar refractivity (Wildman–Crippen MR) is 151 cm³/mol. The van der Waals surface area contributed by atoms with E-state index in [1.54, 1.807) is 0 Å². The predicted octanol–water partition coefficient (Wildman–Crippen LogP) is 6.13. The second kappa shape index (κ2) is 12.6. The van der Waals surface area contributed by atoms with Gasteiger partial charge in [0, 0.05) is 41.8 Å². The van der Waals surface area contributed by atoms with Gasteiger partial charge in [0.25, 0.3) is 0 Å². The van der Waals surface area contributed by atoms with E-state index in [-0.39, 0.29) is 5.54 Å². The molecule has 4 aliphatic rings. The summed E-state index contributed by atoms with van der Waals surface area (Å²) in [5.74, 6) is 3.24. The van der Waals surface area contributed by atoms with Gasteiger partial charge < -0.3 is 21.7 Å². The zero-order valence-corrected chi connectivity index (χ0v) is 24.0. The summed E-state index contributed by atoms with van der Waals surface area (Å²) in [6.45, 7) is 12.1. The lowest BCUT2D eigenvalue weighted by Crippen LogP contribution is -2.62. The Hall–Kier alpha value is -0.160. The largest absolute Gasteiger partial charge is 0.328 e. The molecule has 0 heterocycles. The average Bonchev–Trinajstić information content (AvgIpc) is 2.86. The van der Waals surface area contributed by atoms with E-state index in [1.807, 2.05) is 0 Å². The Balaban J connectivity index is 1.50. The summed E-state index contributed by atoms with van der Waals surface area (Å²) in [7, 11) is 0. The van der Waals surface area contributed by atoms with E-state index in [2.05, 4.69) is 50.6 Å². The first kappa shape index (κ1) is 27.9. The maximum Gasteiger partial charge on any atom is 0.0226 e. The van der Waals surface area contributed by atoms with Crippen LogP contribution in [-0.4, -0.2) is 41.8 Å². The SMILES string of the molecule is CC1CCC(N)CCC(NC2CCCCC2)C(NC2CCC(NC(C)(C)C)C3C(C)CCCC23)C1. The molecule has 4 rings (SSSR count). The van der Waals surface area contributed by atoms with Gasteiger partial charge in [-0.3, -0.25) is 0 Å². The first-order chi connectivity index (χ1) is 16.7. The van der Waals surface area contributed by atoms with Gasteiger partial charge >= 0.3 is 0 Å². The fourth-order valence-corrected chi connectivity index (χ4v) is 8.53. The van der Waals surface area contributed by atoms with E-state index in [4.69, 9.17) is 5.73 Å². The highest BCUT2D eigenvalue weighted by Crippen LogP contribution is 2.45. The summed E-state index contributed by atoms with van der Waals surface area (Å²) in [5, 5.41) is 12.7. The van der Waals surface area contributed by atoms with Crippen LogP contribution in [0.4, 0.5) is 0 Å². The van der Waals surface area contributed by atoms with E-state index in [0.29, 0.717) is 30.2 Å². The van der Waals surface area contributed by atoms with Crippen LogP contribution in [0.1, 0.15) is 131 Å². The third-order valence-corrected chi connectivity index (χ3v) is 10.2. The van der Waals surface area contributed by atoms with Crippen LogP contribution >= 0.6 is 0 Å². The topological polar surface area (TPSA) is 62.1 Å². The number of rotatable bonds is 5. The van der Waals surface area contributed by atoms with E-state index < -0.39 is 0 Å². The van der Waals surface area contributed by atoms with Gasteiger partial charge in [0.05, 0.1) is 0 Å². The van der Waals surface area contributed by atoms with Gasteiger partial charge in [0.15, 0.2) is 0 Å². The Kier molecular flexibility index (Phi) is 10.0. The van der Waals surface area contributed by atoms with Crippen molar-refractivity contribution in [1.29, 1.82) is 0 Å². The van der Waals surface area contributed by atoms with Crippen LogP contribution < -0.4 is 21.7 Å². The van der Waals surface area contributed by atoms with E-state index >= 15 is 0 Å². The molecule has 0 radical (unpaired) electrons. The van der Waals surface area contributed by atoms with Crippen molar-refractivity contribution in [1.82, 2.24) is 16.0 Å². The Morgan fingerprint density at radius 2 is 1.31 bits per heavy atom. The highest BCUT2D eigenvalue weighted by atomic mass is 15.1.